The number of hydrogen-bond acceptors (Lipinski definition) is 5. The van der Waals surface area contributed by atoms with Gasteiger partial charge in [0.15, 0.2) is 5.82 Å². The lowest BCUT2D eigenvalue weighted by atomic mass is 9.93. The fraction of sp³-hybridized carbons (Fsp3) is 0.812. The molecule has 5 heteroatoms. The second-order valence-corrected chi connectivity index (χ2v) is 6.47. The topological polar surface area (TPSA) is 73.9 Å². The number of methoxy groups -OCH3 is 1. The van der Waals surface area contributed by atoms with Crippen molar-refractivity contribution < 1.29 is 4.74 Å². The number of anilines is 1. The van der Waals surface area contributed by atoms with E-state index in [1.807, 2.05) is 0 Å². The van der Waals surface area contributed by atoms with Crippen LogP contribution in [0.15, 0.2) is 0 Å². The molecule has 0 amide bonds. The van der Waals surface area contributed by atoms with Crippen LogP contribution in [-0.4, -0.2) is 22.1 Å². The van der Waals surface area contributed by atoms with Crippen molar-refractivity contribution in [2.24, 2.45) is 0 Å². The average Bonchev–Trinajstić information content (AvgIpc) is 2.92. The molecule has 0 unspecified atom stereocenters. The first-order valence-corrected chi connectivity index (χ1v) is 8.30. The number of nitrogens with zero attached hydrogens (tertiary/aromatic N) is 3. The minimum Gasteiger partial charge on any atom is -0.370 e. The normalized spacial score (nSPS) is 23.1. The quantitative estimate of drug-likeness (QED) is 0.864. The fourth-order valence-electron chi connectivity index (χ4n) is 3.80. The number of nitrogen functional groups attached to an aromatic ring is 1. The van der Waals surface area contributed by atoms with Crippen molar-refractivity contribution in [2.75, 3.05) is 12.8 Å². The van der Waals surface area contributed by atoms with Gasteiger partial charge in [0, 0.05) is 13.0 Å². The van der Waals surface area contributed by atoms with Gasteiger partial charge in [0.1, 0.15) is 11.4 Å². The summed E-state index contributed by atoms with van der Waals surface area (Å²) < 4.78 is 5.91. The van der Waals surface area contributed by atoms with E-state index >= 15 is 0 Å². The van der Waals surface area contributed by atoms with Gasteiger partial charge < -0.3 is 10.5 Å². The van der Waals surface area contributed by atoms with Gasteiger partial charge in [-0.1, -0.05) is 38.5 Å². The zero-order chi connectivity index (χ0) is 14.7. The first-order chi connectivity index (χ1) is 10.2. The number of rotatable bonds is 3. The third kappa shape index (κ3) is 3.03. The summed E-state index contributed by atoms with van der Waals surface area (Å²) in [5, 5.41) is 0. The molecule has 1 aromatic heterocycles. The van der Waals surface area contributed by atoms with E-state index in [1.54, 1.807) is 7.11 Å². The molecule has 0 aromatic carbocycles. The van der Waals surface area contributed by atoms with E-state index in [0.717, 1.165) is 37.3 Å². The van der Waals surface area contributed by atoms with Crippen LogP contribution in [0.2, 0.25) is 0 Å². The summed E-state index contributed by atoms with van der Waals surface area (Å²) in [6.45, 7) is 0. The summed E-state index contributed by atoms with van der Waals surface area (Å²) in [6.07, 6.45) is 11.7. The van der Waals surface area contributed by atoms with Gasteiger partial charge in [-0.15, -0.1) is 0 Å². The Morgan fingerprint density at radius 1 is 0.952 bits per heavy atom. The Bertz CT molecular complexity index is 477. The Hall–Kier alpha value is -1.23. The Balaban J connectivity index is 1.95. The van der Waals surface area contributed by atoms with Crippen molar-refractivity contribution in [3.05, 3.63) is 11.6 Å². The third-order valence-electron chi connectivity index (χ3n) is 5.10. The van der Waals surface area contributed by atoms with Crippen molar-refractivity contribution in [2.45, 2.75) is 75.7 Å². The molecule has 0 atom stereocenters. The van der Waals surface area contributed by atoms with Crippen LogP contribution in [0.25, 0.3) is 0 Å². The smallest absolute Gasteiger partial charge is 0.223 e. The molecule has 0 spiro atoms. The molecule has 1 heterocycles. The lowest BCUT2D eigenvalue weighted by Crippen LogP contribution is -2.31. The maximum Gasteiger partial charge on any atom is 0.223 e. The zero-order valence-corrected chi connectivity index (χ0v) is 13.0. The highest BCUT2D eigenvalue weighted by Gasteiger charge is 2.37. The predicted octanol–water partition coefficient (Wildman–Crippen LogP) is 3.31. The fourth-order valence-corrected chi connectivity index (χ4v) is 3.80. The van der Waals surface area contributed by atoms with Crippen molar-refractivity contribution in [1.29, 1.82) is 0 Å². The minimum atomic E-state index is -0.360. The first kappa shape index (κ1) is 14.7. The van der Waals surface area contributed by atoms with Gasteiger partial charge in [0.05, 0.1) is 0 Å². The molecule has 3 rings (SSSR count). The molecule has 1 aromatic rings. The zero-order valence-electron chi connectivity index (χ0n) is 13.0. The molecule has 2 aliphatic carbocycles. The van der Waals surface area contributed by atoms with Crippen LogP contribution < -0.4 is 5.73 Å². The maximum absolute atomic E-state index is 5.97. The van der Waals surface area contributed by atoms with Gasteiger partial charge in [0.25, 0.3) is 0 Å². The predicted molar refractivity (Wildman–Crippen MR) is 81.8 cm³/mol. The maximum atomic E-state index is 5.97. The number of aromatic nitrogens is 3. The molecule has 0 aliphatic heterocycles. The van der Waals surface area contributed by atoms with Crippen molar-refractivity contribution >= 4 is 5.95 Å². The Labute approximate surface area is 126 Å². The van der Waals surface area contributed by atoms with Crippen LogP contribution in [-0.2, 0) is 10.3 Å². The molecule has 2 saturated carbocycles. The van der Waals surface area contributed by atoms with Gasteiger partial charge in [-0.2, -0.15) is 9.97 Å². The number of ether oxygens (including phenoxy) is 1. The third-order valence-corrected chi connectivity index (χ3v) is 5.10. The van der Waals surface area contributed by atoms with Gasteiger partial charge in [-0.3, -0.25) is 0 Å². The van der Waals surface area contributed by atoms with E-state index in [2.05, 4.69) is 9.97 Å². The molecule has 116 valence electrons. The molecule has 2 N–H and O–H groups in total. The molecule has 2 fully saturated rings. The Morgan fingerprint density at radius 3 is 2.24 bits per heavy atom. The highest BCUT2D eigenvalue weighted by molar-refractivity contribution is 5.21. The summed E-state index contributed by atoms with van der Waals surface area (Å²) in [6, 6.07) is 0. The van der Waals surface area contributed by atoms with Crippen LogP contribution >= 0.6 is 0 Å². The molecule has 0 bridgehead atoms. The lowest BCUT2D eigenvalue weighted by Gasteiger charge is -2.30. The highest BCUT2D eigenvalue weighted by Crippen LogP contribution is 2.39. The second-order valence-electron chi connectivity index (χ2n) is 6.47. The monoisotopic (exact) mass is 290 g/mol. The van der Waals surface area contributed by atoms with Crippen LogP contribution in [0.4, 0.5) is 5.95 Å². The summed E-state index contributed by atoms with van der Waals surface area (Å²) in [7, 11) is 1.78. The first-order valence-electron chi connectivity index (χ1n) is 8.30. The summed E-state index contributed by atoms with van der Waals surface area (Å²) in [4.78, 5) is 13.6. The van der Waals surface area contributed by atoms with E-state index in [0.29, 0.717) is 11.9 Å². The number of nitrogens with two attached hydrogens (primary N) is 1. The van der Waals surface area contributed by atoms with E-state index < -0.39 is 0 Å². The number of hydrogen-bond donors (Lipinski definition) is 1. The largest absolute Gasteiger partial charge is 0.370 e. The summed E-state index contributed by atoms with van der Waals surface area (Å²) in [5.74, 6) is 2.45. The van der Waals surface area contributed by atoms with E-state index in [9.17, 15) is 0 Å². The molecule has 21 heavy (non-hydrogen) atoms. The molecular formula is C16H26N4O. The molecule has 2 aliphatic rings. The highest BCUT2D eigenvalue weighted by atomic mass is 16.5. The van der Waals surface area contributed by atoms with Gasteiger partial charge in [0.2, 0.25) is 5.95 Å². The average molecular weight is 290 g/mol. The van der Waals surface area contributed by atoms with E-state index in [-0.39, 0.29) is 5.60 Å². The van der Waals surface area contributed by atoms with E-state index in [4.69, 9.17) is 15.5 Å². The van der Waals surface area contributed by atoms with Crippen LogP contribution in [0, 0.1) is 0 Å². The van der Waals surface area contributed by atoms with Crippen LogP contribution in [0.3, 0.4) is 0 Å². The lowest BCUT2D eigenvalue weighted by molar-refractivity contribution is -0.0354. The second kappa shape index (κ2) is 6.26. The van der Waals surface area contributed by atoms with Crippen molar-refractivity contribution in [1.82, 2.24) is 15.0 Å². The Kier molecular flexibility index (Phi) is 4.38. The SMILES string of the molecule is COC1(c2nc(N)nc(C3CCCC3)n2)CCCCCC1. The standard InChI is InChI=1S/C16H26N4O/c1-21-16(10-6-2-3-7-11-16)14-18-13(19-15(17)20-14)12-8-4-5-9-12/h12H,2-11H2,1H3,(H2,17,18,19,20). The molecular weight excluding hydrogens is 264 g/mol. The van der Waals surface area contributed by atoms with Gasteiger partial charge in [-0.25, -0.2) is 4.98 Å². The van der Waals surface area contributed by atoms with E-state index in [1.165, 1.54) is 38.5 Å². The van der Waals surface area contributed by atoms with Crippen LogP contribution in [0.1, 0.15) is 81.8 Å². The van der Waals surface area contributed by atoms with Crippen LogP contribution in [0.5, 0.6) is 0 Å². The Morgan fingerprint density at radius 2 is 1.62 bits per heavy atom. The minimum absolute atomic E-state index is 0.350. The van der Waals surface area contributed by atoms with Crippen molar-refractivity contribution in [3.8, 4) is 0 Å². The van der Waals surface area contributed by atoms with Gasteiger partial charge >= 0.3 is 0 Å². The summed E-state index contributed by atoms with van der Waals surface area (Å²) in [5.41, 5.74) is 5.61. The molecule has 0 radical (unpaired) electrons. The molecule has 0 saturated heterocycles. The van der Waals surface area contributed by atoms with Crippen molar-refractivity contribution in [3.63, 3.8) is 0 Å². The molecule has 5 nitrogen and oxygen atoms in total. The summed E-state index contributed by atoms with van der Waals surface area (Å²) >= 11 is 0. The van der Waals surface area contributed by atoms with Gasteiger partial charge in [-0.05, 0) is 25.7 Å².